The number of aromatic nitrogens is 1. The van der Waals surface area contributed by atoms with Crippen LogP contribution in [-0.4, -0.2) is 17.1 Å². The molecule has 0 radical (unpaired) electrons. The fourth-order valence-electron chi connectivity index (χ4n) is 2.99. The van der Waals surface area contributed by atoms with Crippen molar-refractivity contribution < 1.29 is 18.3 Å². The quantitative estimate of drug-likeness (QED) is 0.473. The number of nitrogens with zero attached hydrogens (tertiary/aromatic N) is 1. The lowest BCUT2D eigenvalue weighted by Gasteiger charge is -2.13. The van der Waals surface area contributed by atoms with E-state index in [0.717, 1.165) is 44.2 Å². The summed E-state index contributed by atoms with van der Waals surface area (Å²) in [6.45, 7) is 4.44. The van der Waals surface area contributed by atoms with E-state index in [-0.39, 0.29) is 23.1 Å². The van der Waals surface area contributed by atoms with E-state index in [2.05, 4.69) is 6.92 Å². The van der Waals surface area contributed by atoms with E-state index in [1.807, 2.05) is 0 Å². The van der Waals surface area contributed by atoms with Crippen LogP contribution in [0.15, 0.2) is 23.1 Å². The topological polar surface area (TPSA) is 48.3 Å². The highest BCUT2D eigenvalue weighted by Gasteiger charge is 2.18. The third kappa shape index (κ3) is 4.68. The molecule has 0 unspecified atom stereocenters. The van der Waals surface area contributed by atoms with Crippen LogP contribution in [0.1, 0.15) is 62.7 Å². The standard InChI is InChI=1S/C20H25F2NO3/c1-3-5-6-7-8-9-10-23-13-15(20(25)26-4-2)19(24)14-11-16(21)17(22)12-18(14)23/h11-13H,3-10H2,1-2H3. The molecule has 0 spiro atoms. The van der Waals surface area contributed by atoms with E-state index in [4.69, 9.17) is 4.74 Å². The Morgan fingerprint density at radius 2 is 1.69 bits per heavy atom. The van der Waals surface area contributed by atoms with Crippen LogP contribution in [0.25, 0.3) is 10.9 Å². The Balaban J connectivity index is 2.36. The second-order valence-electron chi connectivity index (χ2n) is 6.34. The maximum atomic E-state index is 13.7. The zero-order chi connectivity index (χ0) is 19.1. The minimum atomic E-state index is -1.11. The van der Waals surface area contributed by atoms with Crippen molar-refractivity contribution in [1.82, 2.24) is 4.57 Å². The molecule has 1 aromatic heterocycles. The molecule has 0 aliphatic carbocycles. The summed E-state index contributed by atoms with van der Waals surface area (Å²) in [5, 5.41) is -0.0135. The normalized spacial score (nSPS) is 11.1. The molecule has 2 aromatic rings. The van der Waals surface area contributed by atoms with Gasteiger partial charge in [-0.05, 0) is 19.4 Å². The SMILES string of the molecule is CCCCCCCCn1cc(C(=O)OCC)c(=O)c2cc(F)c(F)cc21. The molecular weight excluding hydrogens is 340 g/mol. The zero-order valence-corrected chi connectivity index (χ0v) is 15.3. The lowest BCUT2D eigenvalue weighted by atomic mass is 10.1. The maximum Gasteiger partial charge on any atom is 0.343 e. The van der Waals surface area contributed by atoms with Gasteiger partial charge in [-0.1, -0.05) is 39.0 Å². The summed E-state index contributed by atoms with van der Waals surface area (Å²) >= 11 is 0. The summed E-state index contributed by atoms with van der Waals surface area (Å²) in [4.78, 5) is 24.6. The molecule has 0 fully saturated rings. The molecule has 4 nitrogen and oxygen atoms in total. The van der Waals surface area contributed by atoms with Gasteiger partial charge >= 0.3 is 5.97 Å². The first-order valence-electron chi connectivity index (χ1n) is 9.18. The summed E-state index contributed by atoms with van der Waals surface area (Å²) in [5.41, 5.74) is -0.511. The highest BCUT2D eigenvalue weighted by Crippen LogP contribution is 2.18. The minimum Gasteiger partial charge on any atom is -0.462 e. The van der Waals surface area contributed by atoms with E-state index in [0.29, 0.717) is 6.54 Å². The number of ether oxygens (including phenoxy) is 1. The van der Waals surface area contributed by atoms with Crippen LogP contribution in [-0.2, 0) is 11.3 Å². The molecule has 0 aliphatic heterocycles. The Kier molecular flexibility index (Phi) is 7.30. The molecule has 0 atom stereocenters. The van der Waals surface area contributed by atoms with Gasteiger partial charge in [0.25, 0.3) is 0 Å². The number of halogens is 2. The summed E-state index contributed by atoms with van der Waals surface area (Å²) in [6.07, 6.45) is 7.83. The number of hydrogen-bond donors (Lipinski definition) is 0. The van der Waals surface area contributed by atoms with Crippen molar-refractivity contribution in [1.29, 1.82) is 0 Å². The van der Waals surface area contributed by atoms with Crippen molar-refractivity contribution >= 4 is 16.9 Å². The van der Waals surface area contributed by atoms with Gasteiger partial charge in [-0.3, -0.25) is 4.79 Å². The minimum absolute atomic E-state index is 0.0135. The summed E-state index contributed by atoms with van der Waals surface area (Å²) < 4.78 is 33.9. The van der Waals surface area contributed by atoms with Crippen LogP contribution in [0.2, 0.25) is 0 Å². The second-order valence-corrected chi connectivity index (χ2v) is 6.34. The molecular formula is C20H25F2NO3. The molecule has 0 N–H and O–H groups in total. The molecule has 0 aliphatic rings. The van der Waals surface area contributed by atoms with Crippen molar-refractivity contribution in [3.63, 3.8) is 0 Å². The average Bonchev–Trinajstić information content (AvgIpc) is 2.61. The number of pyridine rings is 1. The first kappa shape index (κ1) is 20.1. The predicted octanol–water partition coefficient (Wildman–Crippen LogP) is 4.82. The number of aryl methyl sites for hydroxylation is 1. The lowest BCUT2D eigenvalue weighted by molar-refractivity contribution is 0.0524. The number of esters is 1. The van der Waals surface area contributed by atoms with Crippen molar-refractivity contribution in [2.24, 2.45) is 0 Å². The number of hydrogen-bond acceptors (Lipinski definition) is 3. The average molecular weight is 365 g/mol. The third-order valence-electron chi connectivity index (χ3n) is 4.37. The largest absolute Gasteiger partial charge is 0.462 e. The van der Waals surface area contributed by atoms with Gasteiger partial charge in [-0.15, -0.1) is 0 Å². The van der Waals surface area contributed by atoms with E-state index in [1.165, 1.54) is 12.6 Å². The van der Waals surface area contributed by atoms with Crippen molar-refractivity contribution in [3.8, 4) is 0 Å². The molecule has 142 valence electrons. The Labute approximate surface area is 151 Å². The van der Waals surface area contributed by atoms with Gasteiger partial charge < -0.3 is 9.30 Å². The van der Waals surface area contributed by atoms with Gasteiger partial charge in [-0.2, -0.15) is 0 Å². The molecule has 26 heavy (non-hydrogen) atoms. The van der Waals surface area contributed by atoms with Crippen molar-refractivity contribution in [3.05, 3.63) is 45.8 Å². The van der Waals surface area contributed by atoms with Gasteiger partial charge in [0.15, 0.2) is 11.6 Å². The monoisotopic (exact) mass is 365 g/mol. The van der Waals surface area contributed by atoms with Crippen LogP contribution < -0.4 is 5.43 Å². The van der Waals surface area contributed by atoms with Crippen molar-refractivity contribution in [2.75, 3.05) is 6.61 Å². The maximum absolute atomic E-state index is 13.7. The summed E-state index contributed by atoms with van der Waals surface area (Å²) in [5.74, 6) is -2.87. The fourth-order valence-corrected chi connectivity index (χ4v) is 2.99. The molecule has 2 rings (SSSR count). The van der Waals surface area contributed by atoms with E-state index in [1.54, 1.807) is 11.5 Å². The van der Waals surface area contributed by atoms with Gasteiger partial charge in [0.2, 0.25) is 5.43 Å². The van der Waals surface area contributed by atoms with Gasteiger partial charge in [0, 0.05) is 24.2 Å². The van der Waals surface area contributed by atoms with Crippen molar-refractivity contribution in [2.45, 2.75) is 58.9 Å². The number of benzene rings is 1. The number of carbonyl (C=O) groups is 1. The smallest absolute Gasteiger partial charge is 0.343 e. The Bertz CT molecular complexity index is 830. The van der Waals surface area contributed by atoms with Gasteiger partial charge in [0.05, 0.1) is 12.1 Å². The molecule has 0 amide bonds. The molecule has 6 heteroatoms. The van der Waals surface area contributed by atoms with Crippen LogP contribution >= 0.6 is 0 Å². The number of fused-ring (bicyclic) bond motifs is 1. The van der Waals surface area contributed by atoms with E-state index < -0.39 is 23.0 Å². The Hall–Kier alpha value is -2.24. The third-order valence-corrected chi connectivity index (χ3v) is 4.37. The van der Waals surface area contributed by atoms with Gasteiger partial charge in [-0.25, -0.2) is 13.6 Å². The second kappa shape index (κ2) is 9.46. The molecule has 1 aromatic carbocycles. The van der Waals surface area contributed by atoms with Crippen LogP contribution in [0.3, 0.4) is 0 Å². The van der Waals surface area contributed by atoms with E-state index in [9.17, 15) is 18.4 Å². The van der Waals surface area contributed by atoms with Crippen LogP contribution in [0, 0.1) is 11.6 Å². The fraction of sp³-hybridized carbons (Fsp3) is 0.500. The number of carbonyl (C=O) groups excluding carboxylic acids is 1. The van der Waals surface area contributed by atoms with E-state index >= 15 is 0 Å². The summed E-state index contributed by atoms with van der Waals surface area (Å²) in [6, 6.07) is 1.87. The number of unbranched alkanes of at least 4 members (excludes halogenated alkanes) is 5. The van der Waals surface area contributed by atoms with Gasteiger partial charge in [0.1, 0.15) is 5.56 Å². The number of rotatable bonds is 9. The lowest BCUT2D eigenvalue weighted by Crippen LogP contribution is -2.21. The Morgan fingerprint density at radius 3 is 2.38 bits per heavy atom. The molecule has 0 saturated carbocycles. The molecule has 0 bridgehead atoms. The first-order chi connectivity index (χ1) is 12.5. The van der Waals surface area contributed by atoms with Crippen LogP contribution in [0.5, 0.6) is 0 Å². The summed E-state index contributed by atoms with van der Waals surface area (Å²) in [7, 11) is 0. The predicted molar refractivity (Wildman–Crippen MR) is 97.5 cm³/mol. The molecule has 1 heterocycles. The highest BCUT2D eigenvalue weighted by molar-refractivity contribution is 5.93. The highest BCUT2D eigenvalue weighted by atomic mass is 19.2. The molecule has 0 saturated heterocycles. The first-order valence-corrected chi connectivity index (χ1v) is 9.18. The van der Waals surface area contributed by atoms with Crippen LogP contribution in [0.4, 0.5) is 8.78 Å². The zero-order valence-electron chi connectivity index (χ0n) is 15.3. The Morgan fingerprint density at radius 1 is 1.04 bits per heavy atom.